The number of carboxylic acids is 1. The van der Waals surface area contributed by atoms with Gasteiger partial charge in [-0.15, -0.1) is 0 Å². The molecule has 4 rings (SSSR count). The summed E-state index contributed by atoms with van der Waals surface area (Å²) in [7, 11) is 0. The fraction of sp³-hybridized carbons (Fsp3) is 0.222. The van der Waals surface area contributed by atoms with Crippen molar-refractivity contribution in [3.05, 3.63) is 89.1 Å². The Labute approximate surface area is 196 Å². The molecule has 0 atom stereocenters. The molecule has 0 saturated carbocycles. The molecule has 5 nitrogen and oxygen atoms in total. The summed E-state index contributed by atoms with van der Waals surface area (Å²) >= 11 is 0. The first kappa shape index (κ1) is 23.4. The number of nitrogens with two attached hydrogens (primary N) is 1. The first-order chi connectivity index (χ1) is 16.3. The molecule has 0 aliphatic carbocycles. The molecular formula is C27H26F2N2O3. The summed E-state index contributed by atoms with van der Waals surface area (Å²) in [5.41, 5.74) is 9.32. The number of hydrogen-bond donors (Lipinski definition) is 2. The minimum Gasteiger partial charge on any atom is -0.488 e. The van der Waals surface area contributed by atoms with Gasteiger partial charge in [-0.05, 0) is 49.2 Å². The van der Waals surface area contributed by atoms with Crippen molar-refractivity contribution < 1.29 is 23.4 Å². The van der Waals surface area contributed by atoms with Crippen molar-refractivity contribution in [2.24, 2.45) is 5.73 Å². The maximum atomic E-state index is 15.2. The SMILES string of the molecule is CC(C)n1ccc2c(-c3cccc(CN)c3F)cc(COc3cc(F)ccc3CC(=O)O)cc21. The van der Waals surface area contributed by atoms with Crippen LogP contribution in [-0.4, -0.2) is 15.6 Å². The van der Waals surface area contributed by atoms with Crippen LogP contribution in [0.2, 0.25) is 0 Å². The van der Waals surface area contributed by atoms with E-state index in [0.717, 1.165) is 16.5 Å². The van der Waals surface area contributed by atoms with Crippen LogP contribution < -0.4 is 10.5 Å². The summed E-state index contributed by atoms with van der Waals surface area (Å²) in [5, 5.41) is 10.0. The maximum Gasteiger partial charge on any atom is 0.307 e. The van der Waals surface area contributed by atoms with Crippen LogP contribution in [-0.2, 0) is 24.4 Å². The zero-order valence-corrected chi connectivity index (χ0v) is 19.0. The Morgan fingerprint density at radius 3 is 2.56 bits per heavy atom. The van der Waals surface area contributed by atoms with E-state index in [9.17, 15) is 9.18 Å². The number of rotatable bonds is 8. The first-order valence-corrected chi connectivity index (χ1v) is 11.0. The van der Waals surface area contributed by atoms with Gasteiger partial charge < -0.3 is 20.1 Å². The molecule has 0 aliphatic heterocycles. The van der Waals surface area contributed by atoms with Crippen LogP contribution >= 0.6 is 0 Å². The standard InChI is InChI=1S/C27H26F2N2O3/c1-16(2)31-9-8-21-23(22-5-3-4-19(14-30)27(22)29)10-17(11-24(21)31)15-34-25-13-20(28)7-6-18(25)12-26(32)33/h3-11,13,16H,12,14-15,30H2,1-2H3,(H,32,33). The number of carboxylic acid groups (broad SMARTS) is 1. The van der Waals surface area contributed by atoms with Gasteiger partial charge in [0.1, 0.15) is 24.0 Å². The van der Waals surface area contributed by atoms with E-state index >= 15 is 4.39 Å². The lowest BCUT2D eigenvalue weighted by Crippen LogP contribution is -2.05. The second kappa shape index (κ2) is 9.65. The van der Waals surface area contributed by atoms with E-state index in [1.807, 2.05) is 24.4 Å². The van der Waals surface area contributed by atoms with E-state index in [-0.39, 0.29) is 37.2 Å². The van der Waals surface area contributed by atoms with Gasteiger partial charge in [-0.25, -0.2) is 8.78 Å². The third-order valence-corrected chi connectivity index (χ3v) is 5.81. The molecule has 1 heterocycles. The van der Waals surface area contributed by atoms with Gasteiger partial charge in [-0.3, -0.25) is 4.79 Å². The third-order valence-electron chi connectivity index (χ3n) is 5.81. The van der Waals surface area contributed by atoms with Crippen LogP contribution in [0.3, 0.4) is 0 Å². The van der Waals surface area contributed by atoms with Crippen molar-refractivity contribution in [3.8, 4) is 16.9 Å². The Balaban J connectivity index is 1.80. The molecular weight excluding hydrogens is 438 g/mol. The van der Waals surface area contributed by atoms with E-state index in [2.05, 4.69) is 18.4 Å². The van der Waals surface area contributed by atoms with Gasteiger partial charge in [0.25, 0.3) is 0 Å². The first-order valence-electron chi connectivity index (χ1n) is 11.0. The average molecular weight is 465 g/mol. The molecule has 34 heavy (non-hydrogen) atoms. The van der Waals surface area contributed by atoms with Crippen molar-refractivity contribution in [2.45, 2.75) is 39.5 Å². The van der Waals surface area contributed by atoms with E-state index in [4.69, 9.17) is 15.6 Å². The highest BCUT2D eigenvalue weighted by Gasteiger charge is 2.17. The molecule has 0 fully saturated rings. The molecule has 0 aliphatic rings. The Bertz CT molecular complexity index is 1360. The smallest absolute Gasteiger partial charge is 0.307 e. The van der Waals surface area contributed by atoms with Gasteiger partial charge in [0.15, 0.2) is 0 Å². The molecule has 0 spiro atoms. The van der Waals surface area contributed by atoms with Crippen molar-refractivity contribution in [3.63, 3.8) is 0 Å². The van der Waals surface area contributed by atoms with Gasteiger partial charge in [0.05, 0.1) is 6.42 Å². The zero-order valence-electron chi connectivity index (χ0n) is 19.0. The lowest BCUT2D eigenvalue weighted by molar-refractivity contribution is -0.136. The van der Waals surface area contributed by atoms with E-state index in [0.29, 0.717) is 22.3 Å². The summed E-state index contributed by atoms with van der Waals surface area (Å²) in [6.45, 7) is 4.26. The van der Waals surface area contributed by atoms with Gasteiger partial charge in [-0.2, -0.15) is 0 Å². The summed E-state index contributed by atoms with van der Waals surface area (Å²) in [6.07, 6.45) is 1.68. The van der Waals surface area contributed by atoms with Crippen LogP contribution in [0.5, 0.6) is 5.75 Å². The minimum atomic E-state index is -1.04. The largest absolute Gasteiger partial charge is 0.488 e. The fourth-order valence-electron chi connectivity index (χ4n) is 4.15. The molecule has 4 aromatic rings. The summed E-state index contributed by atoms with van der Waals surface area (Å²) < 4.78 is 37.0. The molecule has 0 amide bonds. The highest BCUT2D eigenvalue weighted by atomic mass is 19.1. The Morgan fingerprint density at radius 2 is 1.85 bits per heavy atom. The molecule has 0 radical (unpaired) electrons. The summed E-state index contributed by atoms with van der Waals surface area (Å²) in [4.78, 5) is 11.2. The number of aliphatic carboxylic acids is 1. The molecule has 3 N–H and O–H groups in total. The predicted molar refractivity (Wildman–Crippen MR) is 128 cm³/mol. The van der Waals surface area contributed by atoms with Crippen LogP contribution in [0.25, 0.3) is 22.0 Å². The normalized spacial score (nSPS) is 11.4. The van der Waals surface area contributed by atoms with Crippen molar-refractivity contribution in [1.82, 2.24) is 4.57 Å². The van der Waals surface area contributed by atoms with E-state index in [1.165, 1.54) is 18.2 Å². The Kier molecular flexibility index (Phi) is 6.65. The Hall–Kier alpha value is -3.71. The maximum absolute atomic E-state index is 15.2. The van der Waals surface area contributed by atoms with Gasteiger partial charge >= 0.3 is 5.97 Å². The van der Waals surface area contributed by atoms with Crippen molar-refractivity contribution in [2.75, 3.05) is 0 Å². The van der Waals surface area contributed by atoms with E-state index in [1.54, 1.807) is 18.2 Å². The Morgan fingerprint density at radius 1 is 1.06 bits per heavy atom. The number of fused-ring (bicyclic) bond motifs is 1. The van der Waals surface area contributed by atoms with Crippen LogP contribution in [0, 0.1) is 11.6 Å². The molecule has 0 bridgehead atoms. The summed E-state index contributed by atoms with van der Waals surface area (Å²) in [5.74, 6) is -1.75. The third kappa shape index (κ3) is 4.65. The molecule has 1 aromatic heterocycles. The minimum absolute atomic E-state index is 0.0560. The lowest BCUT2D eigenvalue weighted by Gasteiger charge is -2.16. The van der Waals surface area contributed by atoms with Crippen LogP contribution in [0.1, 0.15) is 36.6 Å². The van der Waals surface area contributed by atoms with Crippen LogP contribution in [0.15, 0.2) is 60.8 Å². The van der Waals surface area contributed by atoms with Gasteiger partial charge in [0, 0.05) is 52.4 Å². The number of nitrogens with zero attached hydrogens (tertiary/aromatic N) is 1. The molecule has 0 saturated heterocycles. The van der Waals surface area contributed by atoms with E-state index < -0.39 is 11.8 Å². The molecule has 176 valence electrons. The second-order valence-corrected chi connectivity index (χ2v) is 8.49. The number of hydrogen-bond acceptors (Lipinski definition) is 3. The van der Waals surface area contributed by atoms with Gasteiger partial charge in [-0.1, -0.05) is 24.3 Å². The molecule has 7 heteroatoms. The zero-order chi connectivity index (χ0) is 24.4. The van der Waals surface area contributed by atoms with Crippen LogP contribution in [0.4, 0.5) is 8.78 Å². The molecule has 3 aromatic carbocycles. The number of ether oxygens (including phenoxy) is 1. The number of carbonyl (C=O) groups is 1. The number of aromatic nitrogens is 1. The highest BCUT2D eigenvalue weighted by Crippen LogP contribution is 2.35. The molecule has 0 unspecified atom stereocenters. The lowest BCUT2D eigenvalue weighted by atomic mass is 9.96. The monoisotopic (exact) mass is 464 g/mol. The van der Waals surface area contributed by atoms with Gasteiger partial charge in [0.2, 0.25) is 0 Å². The predicted octanol–water partition coefficient (Wildman–Crippen LogP) is 5.83. The highest BCUT2D eigenvalue weighted by molar-refractivity contribution is 5.96. The van der Waals surface area contributed by atoms with Crippen molar-refractivity contribution >= 4 is 16.9 Å². The fourth-order valence-corrected chi connectivity index (χ4v) is 4.15. The number of benzene rings is 3. The second-order valence-electron chi connectivity index (χ2n) is 8.49. The quantitative estimate of drug-likeness (QED) is 0.344. The van der Waals surface area contributed by atoms with Crippen molar-refractivity contribution in [1.29, 1.82) is 0 Å². The summed E-state index contributed by atoms with van der Waals surface area (Å²) in [6, 6.07) is 14.9. The average Bonchev–Trinajstić information content (AvgIpc) is 3.23. The topological polar surface area (TPSA) is 77.5 Å². The number of halogens is 2.